The maximum Gasteiger partial charge on any atom is 0.0558 e. The lowest BCUT2D eigenvalue weighted by Crippen LogP contribution is -2.28. The van der Waals surface area contributed by atoms with Crippen LogP contribution in [0.1, 0.15) is 19.8 Å². The Morgan fingerprint density at radius 2 is 2.00 bits per heavy atom. The summed E-state index contributed by atoms with van der Waals surface area (Å²) in [5.41, 5.74) is 0. The van der Waals surface area contributed by atoms with Crippen LogP contribution in [0.5, 0.6) is 0 Å². The third-order valence-corrected chi connectivity index (χ3v) is 2.12. The molecule has 0 aliphatic carbocycles. The number of aliphatic hydroxyl groups excluding tert-OH is 1. The van der Waals surface area contributed by atoms with Crippen LogP contribution in [0.15, 0.2) is 0 Å². The summed E-state index contributed by atoms with van der Waals surface area (Å²) >= 11 is 3.39. The molecule has 0 aromatic rings. The first-order chi connectivity index (χ1) is 5.35. The van der Waals surface area contributed by atoms with Crippen LogP contribution in [0.25, 0.3) is 0 Å². The highest BCUT2D eigenvalue weighted by molar-refractivity contribution is 9.09. The molecule has 0 amide bonds. The second kappa shape index (κ2) is 8.50. The van der Waals surface area contributed by atoms with Crippen molar-refractivity contribution in [3.8, 4) is 0 Å². The van der Waals surface area contributed by atoms with Gasteiger partial charge in [-0.25, -0.2) is 0 Å². The Bertz CT molecular complexity index is 74.5. The van der Waals surface area contributed by atoms with E-state index in [0.29, 0.717) is 0 Å². The van der Waals surface area contributed by atoms with E-state index >= 15 is 0 Å². The Hall–Kier alpha value is 0.400. The first kappa shape index (κ1) is 11.4. The van der Waals surface area contributed by atoms with E-state index in [1.807, 2.05) is 0 Å². The van der Waals surface area contributed by atoms with Gasteiger partial charge in [0.2, 0.25) is 0 Å². The number of halogens is 1. The quantitative estimate of drug-likeness (QED) is 0.662. The van der Waals surface area contributed by atoms with E-state index in [0.717, 1.165) is 25.0 Å². The Morgan fingerprint density at radius 3 is 2.45 bits per heavy atom. The predicted octanol–water partition coefficient (Wildman–Crippen LogP) is 1.48. The van der Waals surface area contributed by atoms with Crippen LogP contribution in [-0.2, 0) is 0 Å². The van der Waals surface area contributed by atoms with Crippen molar-refractivity contribution < 1.29 is 5.11 Å². The van der Waals surface area contributed by atoms with E-state index in [-0.39, 0.29) is 6.61 Å². The third-order valence-electron chi connectivity index (χ3n) is 1.56. The summed E-state index contributed by atoms with van der Waals surface area (Å²) in [4.78, 5) is 2.29. The van der Waals surface area contributed by atoms with Crippen LogP contribution >= 0.6 is 15.9 Å². The van der Waals surface area contributed by atoms with Gasteiger partial charge in [0, 0.05) is 11.9 Å². The van der Waals surface area contributed by atoms with Gasteiger partial charge < -0.3 is 10.0 Å². The van der Waals surface area contributed by atoms with Crippen LogP contribution in [-0.4, -0.2) is 41.6 Å². The van der Waals surface area contributed by atoms with Gasteiger partial charge in [-0.05, 0) is 25.9 Å². The molecule has 0 aromatic carbocycles. The van der Waals surface area contributed by atoms with Gasteiger partial charge in [0.15, 0.2) is 0 Å². The summed E-state index contributed by atoms with van der Waals surface area (Å²) in [5.74, 6) is 0. The van der Waals surface area contributed by atoms with E-state index in [2.05, 4.69) is 27.8 Å². The highest BCUT2D eigenvalue weighted by atomic mass is 79.9. The van der Waals surface area contributed by atoms with Gasteiger partial charge in [-0.15, -0.1) is 0 Å². The molecular weight excluding hydrogens is 206 g/mol. The number of alkyl halides is 1. The molecule has 0 saturated heterocycles. The summed E-state index contributed by atoms with van der Waals surface area (Å²) in [6, 6.07) is 0. The van der Waals surface area contributed by atoms with Crippen molar-refractivity contribution >= 4 is 15.9 Å². The first-order valence-corrected chi connectivity index (χ1v) is 5.36. The lowest BCUT2D eigenvalue weighted by molar-refractivity contribution is 0.196. The highest BCUT2D eigenvalue weighted by Gasteiger charge is 2.00. The summed E-state index contributed by atoms with van der Waals surface area (Å²) in [6.07, 6.45) is 2.34. The number of nitrogens with zero attached hydrogens (tertiary/aromatic N) is 1. The van der Waals surface area contributed by atoms with Crippen LogP contribution in [0.3, 0.4) is 0 Å². The van der Waals surface area contributed by atoms with Gasteiger partial charge in [0.25, 0.3) is 0 Å². The average molecular weight is 224 g/mol. The predicted molar refractivity (Wildman–Crippen MR) is 52.2 cm³/mol. The van der Waals surface area contributed by atoms with E-state index in [4.69, 9.17) is 5.11 Å². The molecule has 0 atom stereocenters. The molecule has 3 heteroatoms. The summed E-state index contributed by atoms with van der Waals surface area (Å²) in [6.45, 7) is 5.47. The summed E-state index contributed by atoms with van der Waals surface area (Å²) < 4.78 is 0. The van der Waals surface area contributed by atoms with Gasteiger partial charge in [-0.3, -0.25) is 0 Å². The molecular formula is C8H18BrNO. The monoisotopic (exact) mass is 223 g/mol. The normalized spacial score (nSPS) is 10.9. The number of hydrogen-bond acceptors (Lipinski definition) is 2. The van der Waals surface area contributed by atoms with Crippen molar-refractivity contribution in [3.63, 3.8) is 0 Å². The van der Waals surface area contributed by atoms with Crippen molar-refractivity contribution in [2.45, 2.75) is 19.8 Å². The van der Waals surface area contributed by atoms with E-state index in [1.54, 1.807) is 0 Å². The SMILES string of the molecule is CCCN(CCO)CCCBr. The standard InChI is InChI=1S/C8H18BrNO/c1-2-5-10(7-8-11)6-3-4-9/h11H,2-8H2,1H3. The van der Waals surface area contributed by atoms with Gasteiger partial charge in [-0.2, -0.15) is 0 Å². The second-order valence-electron chi connectivity index (χ2n) is 2.61. The maximum absolute atomic E-state index is 8.71. The Balaban J connectivity index is 3.34. The molecule has 2 nitrogen and oxygen atoms in total. The fourth-order valence-corrected chi connectivity index (χ4v) is 1.33. The molecule has 11 heavy (non-hydrogen) atoms. The molecule has 0 aliphatic rings. The molecule has 0 bridgehead atoms. The van der Waals surface area contributed by atoms with Crippen molar-refractivity contribution in [1.82, 2.24) is 4.90 Å². The fraction of sp³-hybridized carbons (Fsp3) is 1.00. The molecule has 0 spiro atoms. The smallest absolute Gasteiger partial charge is 0.0558 e. The molecule has 0 aromatic heterocycles. The van der Waals surface area contributed by atoms with Crippen LogP contribution in [0, 0.1) is 0 Å². The number of rotatable bonds is 7. The lowest BCUT2D eigenvalue weighted by Gasteiger charge is -2.19. The van der Waals surface area contributed by atoms with E-state index in [9.17, 15) is 0 Å². The molecule has 68 valence electrons. The third kappa shape index (κ3) is 6.78. The average Bonchev–Trinajstić information content (AvgIpc) is 2.01. The Labute approximate surface area is 77.7 Å². The number of aliphatic hydroxyl groups is 1. The van der Waals surface area contributed by atoms with Crippen molar-refractivity contribution in [2.24, 2.45) is 0 Å². The maximum atomic E-state index is 8.71. The zero-order chi connectivity index (χ0) is 8.53. The molecule has 0 saturated carbocycles. The molecule has 1 N–H and O–H groups in total. The second-order valence-corrected chi connectivity index (χ2v) is 3.40. The minimum Gasteiger partial charge on any atom is -0.395 e. The minimum absolute atomic E-state index is 0.280. The van der Waals surface area contributed by atoms with Crippen LogP contribution in [0.2, 0.25) is 0 Å². The van der Waals surface area contributed by atoms with Crippen molar-refractivity contribution in [1.29, 1.82) is 0 Å². The minimum atomic E-state index is 0.280. The first-order valence-electron chi connectivity index (χ1n) is 4.24. The van der Waals surface area contributed by atoms with Crippen LogP contribution in [0.4, 0.5) is 0 Å². The molecule has 0 rings (SSSR count). The van der Waals surface area contributed by atoms with Gasteiger partial charge in [0.05, 0.1) is 6.61 Å². The summed E-state index contributed by atoms with van der Waals surface area (Å²) in [5, 5.41) is 9.76. The van der Waals surface area contributed by atoms with Crippen molar-refractivity contribution in [3.05, 3.63) is 0 Å². The zero-order valence-electron chi connectivity index (χ0n) is 7.22. The topological polar surface area (TPSA) is 23.5 Å². The van der Waals surface area contributed by atoms with E-state index < -0.39 is 0 Å². The van der Waals surface area contributed by atoms with Gasteiger partial charge in [0.1, 0.15) is 0 Å². The largest absolute Gasteiger partial charge is 0.395 e. The van der Waals surface area contributed by atoms with E-state index in [1.165, 1.54) is 12.8 Å². The van der Waals surface area contributed by atoms with Crippen LogP contribution < -0.4 is 0 Å². The molecule has 0 aliphatic heterocycles. The highest BCUT2D eigenvalue weighted by Crippen LogP contribution is 1.95. The Morgan fingerprint density at radius 1 is 1.27 bits per heavy atom. The van der Waals surface area contributed by atoms with Crippen molar-refractivity contribution in [2.75, 3.05) is 31.6 Å². The number of hydrogen-bond donors (Lipinski definition) is 1. The van der Waals surface area contributed by atoms with Gasteiger partial charge >= 0.3 is 0 Å². The lowest BCUT2D eigenvalue weighted by atomic mass is 10.3. The molecule has 0 unspecified atom stereocenters. The molecule has 0 heterocycles. The molecule has 0 fully saturated rings. The summed E-state index contributed by atoms with van der Waals surface area (Å²) in [7, 11) is 0. The van der Waals surface area contributed by atoms with Gasteiger partial charge in [-0.1, -0.05) is 22.9 Å². The zero-order valence-corrected chi connectivity index (χ0v) is 8.81. The fourth-order valence-electron chi connectivity index (χ4n) is 1.08. The Kier molecular flexibility index (Phi) is 8.81. The molecule has 0 radical (unpaired) electrons.